The number of ether oxygens (including phenoxy) is 1. The number of nitrogens with zero attached hydrogens (tertiary/aromatic N) is 1. The largest absolute Gasteiger partial charge is 0.505 e. The van der Waals surface area contributed by atoms with Gasteiger partial charge >= 0.3 is 0 Å². The number of carbonyl (C=O) groups is 1. The van der Waals surface area contributed by atoms with Crippen molar-refractivity contribution in [1.82, 2.24) is 4.98 Å². The van der Waals surface area contributed by atoms with Crippen molar-refractivity contribution < 1.29 is 14.6 Å². The zero-order chi connectivity index (χ0) is 15.1. The van der Waals surface area contributed by atoms with E-state index in [1.807, 2.05) is 6.07 Å². The molecule has 7 heteroatoms. The van der Waals surface area contributed by atoms with Crippen LogP contribution in [0.15, 0.2) is 43.6 Å². The van der Waals surface area contributed by atoms with Crippen molar-refractivity contribution in [2.45, 2.75) is 0 Å². The first-order valence-corrected chi connectivity index (χ1v) is 8.11. The van der Waals surface area contributed by atoms with E-state index in [0.717, 1.165) is 4.47 Å². The minimum atomic E-state index is -0.210. The number of aromatic hydroxyl groups is 1. The molecule has 4 nitrogen and oxygen atoms in total. The predicted octanol–water partition coefficient (Wildman–Crippen LogP) is 4.69. The van der Waals surface area contributed by atoms with Crippen LogP contribution in [0.3, 0.4) is 0 Å². The molecule has 1 aromatic heterocycles. The molecule has 3 rings (SSSR count). The average molecular weight is 476 g/mol. The molecule has 0 fully saturated rings. The number of benzene rings is 1. The molecule has 2 heterocycles. The summed E-state index contributed by atoms with van der Waals surface area (Å²) in [6, 6.07) is 5.13. The van der Waals surface area contributed by atoms with Crippen LogP contribution in [0, 0.1) is 0 Å². The van der Waals surface area contributed by atoms with Gasteiger partial charge in [-0.15, -0.1) is 0 Å². The highest BCUT2D eigenvalue weighted by Crippen LogP contribution is 2.40. The van der Waals surface area contributed by atoms with Crippen LogP contribution in [0.2, 0.25) is 0 Å². The fourth-order valence-corrected chi connectivity index (χ4v) is 3.51. The lowest BCUT2D eigenvalue weighted by atomic mass is 10.1. The number of halogens is 3. The molecule has 1 aromatic carbocycles. The van der Waals surface area contributed by atoms with Gasteiger partial charge in [0.05, 0.1) is 26.4 Å². The molecule has 0 unspecified atom stereocenters. The molecular weight excluding hydrogens is 470 g/mol. The van der Waals surface area contributed by atoms with Gasteiger partial charge in [-0.3, -0.25) is 9.78 Å². The number of hydrogen-bond acceptors (Lipinski definition) is 4. The van der Waals surface area contributed by atoms with E-state index in [0.29, 0.717) is 26.0 Å². The normalized spacial score (nSPS) is 15.2. The SMILES string of the molecule is O=C1/C(=C/c2cc(Br)c(O)cn2)Oc2c(Br)cc(Br)cc21. The Bertz CT molecular complexity index is 802. The van der Waals surface area contributed by atoms with Gasteiger partial charge in [-0.05, 0) is 50.1 Å². The molecule has 1 N–H and O–H groups in total. The summed E-state index contributed by atoms with van der Waals surface area (Å²) in [5, 5.41) is 9.43. The van der Waals surface area contributed by atoms with Crippen LogP contribution in [0.4, 0.5) is 0 Å². The van der Waals surface area contributed by atoms with Gasteiger partial charge < -0.3 is 9.84 Å². The maximum absolute atomic E-state index is 12.3. The minimum Gasteiger partial charge on any atom is -0.505 e. The number of hydrogen-bond donors (Lipinski definition) is 1. The average Bonchev–Trinajstić information content (AvgIpc) is 2.72. The van der Waals surface area contributed by atoms with Crippen molar-refractivity contribution in [3.63, 3.8) is 0 Å². The van der Waals surface area contributed by atoms with Gasteiger partial charge in [-0.25, -0.2) is 0 Å². The van der Waals surface area contributed by atoms with Gasteiger partial charge in [0.25, 0.3) is 0 Å². The third kappa shape index (κ3) is 2.77. The molecule has 0 saturated heterocycles. The second kappa shape index (κ2) is 5.55. The topological polar surface area (TPSA) is 59.4 Å². The summed E-state index contributed by atoms with van der Waals surface area (Å²) in [5.74, 6) is 0.505. The monoisotopic (exact) mass is 473 g/mol. The standard InChI is InChI=1S/C14H6Br3NO3/c15-6-1-8-13(20)12(21-14(8)10(17)2-6)4-7-3-9(16)11(19)5-18-7/h1-5,19H/b12-4-. The highest BCUT2D eigenvalue weighted by Gasteiger charge is 2.29. The van der Waals surface area contributed by atoms with E-state index in [4.69, 9.17) is 4.74 Å². The summed E-state index contributed by atoms with van der Waals surface area (Å²) < 4.78 is 7.59. The first-order chi connectivity index (χ1) is 9.95. The van der Waals surface area contributed by atoms with Gasteiger partial charge in [0.1, 0.15) is 5.75 Å². The summed E-state index contributed by atoms with van der Waals surface area (Å²) >= 11 is 9.91. The van der Waals surface area contributed by atoms with E-state index >= 15 is 0 Å². The van der Waals surface area contributed by atoms with E-state index in [1.54, 1.807) is 12.1 Å². The van der Waals surface area contributed by atoms with Crippen LogP contribution in [0.25, 0.3) is 6.08 Å². The lowest BCUT2D eigenvalue weighted by molar-refractivity contribution is 0.101. The predicted molar refractivity (Wildman–Crippen MR) is 88.4 cm³/mol. The zero-order valence-electron chi connectivity index (χ0n) is 10.2. The maximum Gasteiger partial charge on any atom is 0.232 e. The van der Waals surface area contributed by atoms with Gasteiger partial charge in [0, 0.05) is 10.5 Å². The highest BCUT2D eigenvalue weighted by molar-refractivity contribution is 9.11. The van der Waals surface area contributed by atoms with Crippen LogP contribution in [-0.2, 0) is 0 Å². The molecule has 0 radical (unpaired) electrons. The van der Waals surface area contributed by atoms with E-state index in [-0.39, 0.29) is 17.3 Å². The van der Waals surface area contributed by atoms with Gasteiger partial charge in [0.15, 0.2) is 11.5 Å². The Labute approximate surface area is 145 Å². The van der Waals surface area contributed by atoms with Crippen molar-refractivity contribution in [3.05, 3.63) is 54.8 Å². The Kier molecular flexibility index (Phi) is 3.90. The molecule has 106 valence electrons. The molecule has 0 saturated carbocycles. The van der Waals surface area contributed by atoms with E-state index in [9.17, 15) is 9.90 Å². The summed E-state index contributed by atoms with van der Waals surface area (Å²) in [5.41, 5.74) is 0.992. The molecule has 1 aliphatic heterocycles. The molecule has 0 atom stereocenters. The van der Waals surface area contributed by atoms with E-state index in [1.165, 1.54) is 12.3 Å². The van der Waals surface area contributed by atoms with Crippen molar-refractivity contribution >= 4 is 59.6 Å². The second-order valence-corrected chi connectivity index (χ2v) is 6.89. The quantitative estimate of drug-likeness (QED) is 0.608. The minimum absolute atomic E-state index is 0.0331. The van der Waals surface area contributed by atoms with Crippen LogP contribution in [0.5, 0.6) is 11.5 Å². The first kappa shape index (κ1) is 14.7. The molecule has 0 spiro atoms. The number of rotatable bonds is 1. The van der Waals surface area contributed by atoms with Crippen LogP contribution in [0.1, 0.15) is 16.1 Å². The summed E-state index contributed by atoms with van der Waals surface area (Å²) in [4.78, 5) is 16.4. The van der Waals surface area contributed by atoms with Crippen LogP contribution < -0.4 is 4.74 Å². The number of allylic oxidation sites excluding steroid dienone is 1. The molecule has 0 bridgehead atoms. The molecular formula is C14H6Br3NO3. The number of pyridine rings is 1. The number of Topliss-reactive ketones (excluding diaryl/α,β-unsaturated/α-hetero) is 1. The zero-order valence-corrected chi connectivity index (χ0v) is 15.0. The van der Waals surface area contributed by atoms with Gasteiger partial charge in [-0.1, -0.05) is 15.9 Å². The van der Waals surface area contributed by atoms with Crippen molar-refractivity contribution in [2.24, 2.45) is 0 Å². The first-order valence-electron chi connectivity index (χ1n) is 5.73. The summed E-state index contributed by atoms with van der Waals surface area (Å²) in [6.07, 6.45) is 2.84. The highest BCUT2D eigenvalue weighted by atomic mass is 79.9. The van der Waals surface area contributed by atoms with Crippen LogP contribution in [-0.4, -0.2) is 15.9 Å². The maximum atomic E-state index is 12.3. The van der Waals surface area contributed by atoms with Crippen LogP contribution >= 0.6 is 47.8 Å². The lowest BCUT2D eigenvalue weighted by Gasteiger charge is -2.02. The molecule has 0 aliphatic carbocycles. The Morgan fingerprint density at radius 3 is 2.62 bits per heavy atom. The van der Waals surface area contributed by atoms with E-state index in [2.05, 4.69) is 52.8 Å². The Morgan fingerprint density at radius 2 is 1.90 bits per heavy atom. The number of fused-ring (bicyclic) bond motifs is 1. The van der Waals surface area contributed by atoms with Crippen molar-refractivity contribution in [3.8, 4) is 11.5 Å². The van der Waals surface area contributed by atoms with Gasteiger partial charge in [0.2, 0.25) is 5.78 Å². The number of ketones is 1. The lowest BCUT2D eigenvalue weighted by Crippen LogP contribution is -1.98. The molecule has 0 amide bonds. The third-order valence-corrected chi connectivity index (χ3v) is 4.51. The smallest absolute Gasteiger partial charge is 0.232 e. The molecule has 21 heavy (non-hydrogen) atoms. The fourth-order valence-electron chi connectivity index (χ4n) is 1.87. The molecule has 1 aliphatic rings. The van der Waals surface area contributed by atoms with E-state index < -0.39 is 0 Å². The van der Waals surface area contributed by atoms with Crippen molar-refractivity contribution in [1.29, 1.82) is 0 Å². The molecule has 2 aromatic rings. The number of carbonyl (C=O) groups excluding carboxylic acids is 1. The summed E-state index contributed by atoms with van der Waals surface area (Å²) in [6.45, 7) is 0. The fraction of sp³-hybridized carbons (Fsp3) is 0. The third-order valence-electron chi connectivity index (χ3n) is 2.82. The summed E-state index contributed by atoms with van der Waals surface area (Å²) in [7, 11) is 0. The Hall–Kier alpha value is -1.18. The Morgan fingerprint density at radius 1 is 1.14 bits per heavy atom. The Balaban J connectivity index is 2.03. The van der Waals surface area contributed by atoms with Gasteiger partial charge in [-0.2, -0.15) is 0 Å². The second-order valence-electron chi connectivity index (χ2n) is 4.26. The van der Waals surface area contributed by atoms with Crippen molar-refractivity contribution in [2.75, 3.05) is 0 Å². The number of aromatic nitrogens is 1.